The van der Waals surface area contributed by atoms with Crippen molar-refractivity contribution in [3.05, 3.63) is 39.0 Å². The third-order valence-corrected chi connectivity index (χ3v) is 8.98. The average molecular weight is 578 g/mol. The zero-order valence-electron chi connectivity index (χ0n) is 21.7. The Hall–Kier alpha value is -2.67. The van der Waals surface area contributed by atoms with E-state index in [4.69, 9.17) is 14.2 Å². The van der Waals surface area contributed by atoms with Gasteiger partial charge in [0.25, 0.3) is 5.91 Å². The van der Waals surface area contributed by atoms with E-state index in [1.165, 1.54) is 34.4 Å². The van der Waals surface area contributed by atoms with Crippen LogP contribution in [0, 0.1) is 0 Å². The molecule has 9 nitrogen and oxygen atoms in total. The number of benzene rings is 1. The third-order valence-electron chi connectivity index (χ3n) is 5.82. The van der Waals surface area contributed by atoms with Crippen LogP contribution in [0.1, 0.15) is 41.1 Å². The molecular weight excluding hydrogens is 547 g/mol. The number of hydrogen-bond donors (Lipinski definition) is 1. The maximum atomic E-state index is 12.7. The lowest BCUT2D eigenvalue weighted by atomic mass is 10.1. The van der Waals surface area contributed by atoms with Gasteiger partial charge in [-0.2, -0.15) is 4.99 Å². The molecule has 0 spiro atoms. The Balaban J connectivity index is 1.41. The number of ether oxygens (including phenoxy) is 3. The topological polar surface area (TPSA) is 108 Å². The number of esters is 1. The Morgan fingerprint density at radius 3 is 2.74 bits per heavy atom. The molecule has 1 N–H and O–H groups in total. The number of thiophene rings is 1. The van der Waals surface area contributed by atoms with Gasteiger partial charge >= 0.3 is 5.97 Å². The summed E-state index contributed by atoms with van der Waals surface area (Å²) in [6.45, 7) is 5.57. The first-order chi connectivity index (χ1) is 18.4. The van der Waals surface area contributed by atoms with Crippen LogP contribution in [0.25, 0.3) is 10.2 Å². The van der Waals surface area contributed by atoms with Crippen molar-refractivity contribution in [3.8, 4) is 5.75 Å². The van der Waals surface area contributed by atoms with E-state index in [1.807, 2.05) is 29.7 Å². The van der Waals surface area contributed by atoms with Crippen LogP contribution in [-0.4, -0.2) is 60.8 Å². The SMILES string of the molecule is CCOC(=O)c1c(NC(=O)CSCC(=O)N=c2sc3cc(OCC)ccc3n2CCOC)sc2c1CCC2. The zero-order valence-corrected chi connectivity index (χ0v) is 24.1. The van der Waals surface area contributed by atoms with Crippen LogP contribution in [0.2, 0.25) is 0 Å². The highest BCUT2D eigenvalue weighted by Crippen LogP contribution is 2.39. The van der Waals surface area contributed by atoms with Gasteiger partial charge in [0.05, 0.1) is 47.1 Å². The molecule has 2 heterocycles. The van der Waals surface area contributed by atoms with Crippen LogP contribution in [0.5, 0.6) is 5.75 Å². The lowest BCUT2D eigenvalue weighted by Gasteiger charge is -2.07. The zero-order chi connectivity index (χ0) is 27.1. The summed E-state index contributed by atoms with van der Waals surface area (Å²) in [5.41, 5.74) is 2.42. The Labute approximate surface area is 233 Å². The minimum atomic E-state index is -0.401. The molecular formula is C26H31N3O6S3. The van der Waals surface area contributed by atoms with Crippen molar-refractivity contribution in [2.75, 3.05) is 43.8 Å². The molecule has 0 radical (unpaired) electrons. The van der Waals surface area contributed by atoms with Gasteiger partial charge in [-0.3, -0.25) is 9.59 Å². The predicted octanol–water partition coefficient (Wildman–Crippen LogP) is 4.27. The second kappa shape index (κ2) is 13.4. The molecule has 0 bridgehead atoms. The molecule has 2 aromatic heterocycles. The van der Waals surface area contributed by atoms with Gasteiger partial charge in [-0.05, 0) is 56.9 Å². The summed E-state index contributed by atoms with van der Waals surface area (Å²) in [7, 11) is 1.63. The van der Waals surface area contributed by atoms with Crippen LogP contribution in [0.3, 0.4) is 0 Å². The lowest BCUT2D eigenvalue weighted by molar-refractivity contribution is -0.115. The molecule has 0 saturated carbocycles. The van der Waals surface area contributed by atoms with Crippen molar-refractivity contribution in [2.24, 2.45) is 4.99 Å². The summed E-state index contributed by atoms with van der Waals surface area (Å²) < 4.78 is 19.0. The van der Waals surface area contributed by atoms with Crippen molar-refractivity contribution in [1.82, 2.24) is 4.57 Å². The van der Waals surface area contributed by atoms with E-state index in [2.05, 4.69) is 10.3 Å². The Bertz CT molecular complexity index is 1390. The number of thiazole rings is 1. The van der Waals surface area contributed by atoms with Crippen molar-refractivity contribution < 1.29 is 28.6 Å². The maximum Gasteiger partial charge on any atom is 0.341 e. The van der Waals surface area contributed by atoms with Crippen LogP contribution in [0.15, 0.2) is 23.2 Å². The summed E-state index contributed by atoms with van der Waals surface area (Å²) >= 11 is 4.04. The molecule has 204 valence electrons. The van der Waals surface area contributed by atoms with E-state index in [9.17, 15) is 14.4 Å². The molecule has 1 aliphatic rings. The number of nitrogens with one attached hydrogen (secondary N) is 1. The largest absolute Gasteiger partial charge is 0.494 e. The number of fused-ring (bicyclic) bond motifs is 2. The molecule has 0 saturated heterocycles. The van der Waals surface area contributed by atoms with E-state index in [0.717, 1.165) is 45.7 Å². The predicted molar refractivity (Wildman–Crippen MR) is 152 cm³/mol. The first-order valence-corrected chi connectivity index (χ1v) is 15.3. The molecule has 38 heavy (non-hydrogen) atoms. The van der Waals surface area contributed by atoms with Crippen molar-refractivity contribution >= 4 is 67.4 Å². The van der Waals surface area contributed by atoms with Crippen LogP contribution in [0.4, 0.5) is 5.00 Å². The van der Waals surface area contributed by atoms with Crippen LogP contribution < -0.4 is 14.9 Å². The number of carbonyl (C=O) groups excluding carboxylic acids is 3. The molecule has 0 fully saturated rings. The summed E-state index contributed by atoms with van der Waals surface area (Å²) in [5, 5.41) is 3.39. The number of methoxy groups -OCH3 is 1. The van der Waals surface area contributed by atoms with Gasteiger partial charge in [0.2, 0.25) is 5.91 Å². The molecule has 0 atom stereocenters. The van der Waals surface area contributed by atoms with Gasteiger partial charge in [-0.15, -0.1) is 23.1 Å². The van der Waals surface area contributed by atoms with Gasteiger partial charge in [0.15, 0.2) is 4.80 Å². The maximum absolute atomic E-state index is 12.7. The van der Waals surface area contributed by atoms with Gasteiger partial charge < -0.3 is 24.1 Å². The first-order valence-electron chi connectivity index (χ1n) is 12.5. The number of carbonyl (C=O) groups is 3. The van der Waals surface area contributed by atoms with E-state index in [1.54, 1.807) is 14.0 Å². The normalized spacial score (nSPS) is 13.1. The van der Waals surface area contributed by atoms with Crippen LogP contribution >= 0.6 is 34.4 Å². The number of aromatic nitrogens is 1. The summed E-state index contributed by atoms with van der Waals surface area (Å²) in [6, 6.07) is 5.80. The second-order valence-corrected chi connectivity index (χ2v) is 11.5. The average Bonchev–Trinajstić information content (AvgIpc) is 3.55. The number of aryl methyl sites for hydroxylation is 1. The molecule has 2 amide bonds. The molecule has 1 aromatic carbocycles. The minimum Gasteiger partial charge on any atom is -0.494 e. The lowest BCUT2D eigenvalue weighted by Crippen LogP contribution is -2.20. The standard InChI is InChI=1S/C26H31N3O6S3/c1-4-34-16-9-10-18-20(13-16)38-26(29(18)11-12-33-3)28-22(31)15-36-14-21(30)27-24-23(25(32)35-5-2)17-7-6-8-19(17)37-24/h9-10,13H,4-8,11-12,14-15H2,1-3H3,(H,27,30). The molecule has 0 unspecified atom stereocenters. The molecule has 4 rings (SSSR count). The smallest absolute Gasteiger partial charge is 0.341 e. The Kier molecular flexibility index (Phi) is 10.0. The number of rotatable bonds is 12. The van der Waals surface area contributed by atoms with Gasteiger partial charge in [0.1, 0.15) is 10.8 Å². The number of hydrogen-bond acceptors (Lipinski definition) is 9. The van der Waals surface area contributed by atoms with E-state index in [-0.39, 0.29) is 29.9 Å². The Morgan fingerprint density at radius 1 is 1.13 bits per heavy atom. The minimum absolute atomic E-state index is 0.0574. The number of thioether (sulfide) groups is 1. The quantitative estimate of drug-likeness (QED) is 0.320. The van der Waals surface area contributed by atoms with Crippen LogP contribution in [-0.2, 0) is 38.4 Å². The fourth-order valence-corrected chi connectivity index (χ4v) is 7.23. The van der Waals surface area contributed by atoms with Gasteiger partial charge in [-0.25, -0.2) is 4.79 Å². The fraction of sp³-hybridized carbons (Fsp3) is 0.462. The second-order valence-electron chi connectivity index (χ2n) is 8.42. The molecule has 3 aromatic rings. The van der Waals surface area contributed by atoms with Gasteiger partial charge in [-0.1, -0.05) is 11.3 Å². The number of nitrogens with zero attached hydrogens (tertiary/aromatic N) is 2. The molecule has 12 heteroatoms. The summed E-state index contributed by atoms with van der Waals surface area (Å²) in [6.07, 6.45) is 2.72. The number of anilines is 1. The van der Waals surface area contributed by atoms with Crippen molar-refractivity contribution in [3.63, 3.8) is 0 Å². The fourth-order valence-electron chi connectivity index (χ4n) is 4.24. The number of amides is 2. The highest BCUT2D eigenvalue weighted by Gasteiger charge is 2.28. The highest BCUT2D eigenvalue weighted by molar-refractivity contribution is 8.00. The highest BCUT2D eigenvalue weighted by atomic mass is 32.2. The van der Waals surface area contributed by atoms with E-state index < -0.39 is 5.97 Å². The van der Waals surface area contributed by atoms with Crippen molar-refractivity contribution in [2.45, 2.75) is 39.7 Å². The van der Waals surface area contributed by atoms with E-state index in [0.29, 0.717) is 35.1 Å². The Morgan fingerprint density at radius 2 is 1.97 bits per heavy atom. The first kappa shape index (κ1) is 28.3. The molecule has 1 aliphatic carbocycles. The molecule has 0 aliphatic heterocycles. The van der Waals surface area contributed by atoms with Gasteiger partial charge in [0, 0.05) is 18.5 Å². The van der Waals surface area contributed by atoms with E-state index >= 15 is 0 Å². The summed E-state index contributed by atoms with van der Waals surface area (Å²) in [4.78, 5) is 43.9. The monoisotopic (exact) mass is 577 g/mol. The third kappa shape index (κ3) is 6.66. The van der Waals surface area contributed by atoms with Crippen molar-refractivity contribution in [1.29, 1.82) is 0 Å². The summed E-state index contributed by atoms with van der Waals surface area (Å²) in [5.74, 6) is -0.104.